The molecule has 0 unspecified atom stereocenters. The average molecular weight is 313 g/mol. The minimum atomic E-state index is 0.535. The lowest BCUT2D eigenvalue weighted by atomic mass is 9.95. The van der Waals surface area contributed by atoms with E-state index in [2.05, 4.69) is 37.9 Å². The Morgan fingerprint density at radius 1 is 1.17 bits per heavy atom. The number of nitrogens with zero attached hydrogens (tertiary/aromatic N) is 5. The van der Waals surface area contributed by atoms with E-state index in [1.54, 1.807) is 0 Å². The Balaban J connectivity index is 1.49. The van der Waals surface area contributed by atoms with Crippen molar-refractivity contribution in [3.63, 3.8) is 0 Å². The molecule has 0 N–H and O–H groups in total. The molecule has 0 saturated carbocycles. The van der Waals surface area contributed by atoms with E-state index in [1.165, 1.54) is 12.8 Å². The highest BCUT2D eigenvalue weighted by Crippen LogP contribution is 2.30. The fourth-order valence-electron chi connectivity index (χ4n) is 3.79. The summed E-state index contributed by atoms with van der Waals surface area (Å²) in [5, 5.41) is 4.12. The number of aryl methyl sites for hydroxylation is 1. The molecule has 2 aromatic heterocycles. The van der Waals surface area contributed by atoms with Gasteiger partial charge in [-0.3, -0.25) is 4.90 Å². The standard InChI is InChI=1S/C17H23N5O/c1-2-14-8-16(23-20-14)12-21-9-13-4-5-15(21)11-22(10-13)17-18-6-3-7-19-17/h3,6-8,13,15H,2,4-5,9-12H2,1H3/t13-,15-/m1/s1. The fraction of sp³-hybridized carbons (Fsp3) is 0.588. The van der Waals surface area contributed by atoms with Gasteiger partial charge in [-0.15, -0.1) is 0 Å². The first-order valence-corrected chi connectivity index (χ1v) is 8.52. The lowest BCUT2D eigenvalue weighted by molar-refractivity contribution is 0.114. The van der Waals surface area contributed by atoms with Gasteiger partial charge in [0.05, 0.1) is 12.2 Å². The minimum Gasteiger partial charge on any atom is -0.360 e. The molecule has 0 amide bonds. The van der Waals surface area contributed by atoms with E-state index >= 15 is 0 Å². The van der Waals surface area contributed by atoms with Gasteiger partial charge in [0.1, 0.15) is 0 Å². The van der Waals surface area contributed by atoms with E-state index in [4.69, 9.17) is 4.52 Å². The number of hydrogen-bond acceptors (Lipinski definition) is 6. The maximum absolute atomic E-state index is 5.49. The first-order chi connectivity index (χ1) is 11.3. The average Bonchev–Trinajstić information content (AvgIpc) is 2.85. The Kier molecular flexibility index (Phi) is 3.99. The summed E-state index contributed by atoms with van der Waals surface area (Å²) in [5.74, 6) is 2.52. The van der Waals surface area contributed by atoms with Crippen LogP contribution in [0.5, 0.6) is 0 Å². The Morgan fingerprint density at radius 2 is 2.04 bits per heavy atom. The predicted molar refractivity (Wildman–Crippen MR) is 87.0 cm³/mol. The number of hydrogen-bond donors (Lipinski definition) is 0. The summed E-state index contributed by atoms with van der Waals surface area (Å²) in [7, 11) is 0. The van der Waals surface area contributed by atoms with Gasteiger partial charge in [0.15, 0.2) is 5.76 Å². The topological polar surface area (TPSA) is 58.3 Å². The quantitative estimate of drug-likeness (QED) is 0.862. The molecule has 0 aliphatic carbocycles. The molecule has 3 fully saturated rings. The second-order valence-corrected chi connectivity index (χ2v) is 6.62. The van der Waals surface area contributed by atoms with Crippen molar-refractivity contribution in [3.8, 4) is 0 Å². The van der Waals surface area contributed by atoms with E-state index in [1.807, 2.05) is 18.5 Å². The molecule has 0 spiro atoms. The van der Waals surface area contributed by atoms with Crippen LogP contribution in [0.4, 0.5) is 5.95 Å². The van der Waals surface area contributed by atoms with Gasteiger partial charge in [-0.2, -0.15) is 0 Å². The van der Waals surface area contributed by atoms with Crippen LogP contribution in [-0.2, 0) is 13.0 Å². The first kappa shape index (κ1) is 14.6. The highest BCUT2D eigenvalue weighted by Gasteiger charge is 2.35. The second-order valence-electron chi connectivity index (χ2n) is 6.62. The lowest BCUT2D eigenvalue weighted by Gasteiger charge is -2.35. The molecule has 2 bridgehead atoms. The SMILES string of the molecule is CCc1cc(CN2C[C@H]3CC[C@@H]2CN(c2ncccn2)C3)on1. The van der Waals surface area contributed by atoms with Crippen molar-refractivity contribution in [2.75, 3.05) is 24.5 Å². The summed E-state index contributed by atoms with van der Waals surface area (Å²) in [6.07, 6.45) is 7.11. The number of anilines is 1. The van der Waals surface area contributed by atoms with Gasteiger partial charge in [0, 0.05) is 44.1 Å². The molecule has 23 heavy (non-hydrogen) atoms. The molecule has 2 atom stereocenters. The van der Waals surface area contributed by atoms with Gasteiger partial charge in [-0.05, 0) is 31.2 Å². The van der Waals surface area contributed by atoms with Crippen LogP contribution in [0.2, 0.25) is 0 Å². The Hall–Kier alpha value is -1.95. The van der Waals surface area contributed by atoms with Crippen molar-refractivity contribution in [2.45, 2.75) is 38.8 Å². The molecule has 3 aliphatic rings. The molecule has 6 nitrogen and oxygen atoms in total. The van der Waals surface area contributed by atoms with Crippen LogP contribution in [0, 0.1) is 5.92 Å². The van der Waals surface area contributed by atoms with Gasteiger partial charge >= 0.3 is 0 Å². The largest absolute Gasteiger partial charge is 0.360 e. The van der Waals surface area contributed by atoms with Gasteiger partial charge in [0.25, 0.3) is 0 Å². The summed E-state index contributed by atoms with van der Waals surface area (Å²) in [6, 6.07) is 4.50. The van der Waals surface area contributed by atoms with Crippen molar-refractivity contribution in [1.29, 1.82) is 0 Å². The lowest BCUT2D eigenvalue weighted by Crippen LogP contribution is -2.43. The van der Waals surface area contributed by atoms with Crippen LogP contribution in [-0.4, -0.2) is 45.7 Å². The van der Waals surface area contributed by atoms with E-state index in [9.17, 15) is 0 Å². The zero-order valence-corrected chi connectivity index (χ0v) is 13.6. The van der Waals surface area contributed by atoms with E-state index in [0.717, 1.165) is 50.0 Å². The number of piperidine rings is 1. The first-order valence-electron chi connectivity index (χ1n) is 8.52. The monoisotopic (exact) mass is 313 g/mol. The summed E-state index contributed by atoms with van der Waals surface area (Å²) in [5.41, 5.74) is 1.04. The minimum absolute atomic E-state index is 0.535. The van der Waals surface area contributed by atoms with E-state index in [0.29, 0.717) is 12.0 Å². The van der Waals surface area contributed by atoms with Gasteiger partial charge in [0.2, 0.25) is 5.95 Å². The molecule has 3 aliphatic heterocycles. The number of fused-ring (bicyclic) bond motifs is 4. The molecular formula is C17H23N5O. The molecule has 2 aromatic rings. The normalized spacial score (nSPS) is 24.8. The molecule has 3 saturated heterocycles. The van der Waals surface area contributed by atoms with Crippen molar-refractivity contribution in [1.82, 2.24) is 20.0 Å². The van der Waals surface area contributed by atoms with E-state index < -0.39 is 0 Å². The van der Waals surface area contributed by atoms with Crippen molar-refractivity contribution in [2.24, 2.45) is 5.92 Å². The van der Waals surface area contributed by atoms with Crippen molar-refractivity contribution < 1.29 is 4.52 Å². The zero-order chi connectivity index (χ0) is 15.6. The van der Waals surface area contributed by atoms with Crippen molar-refractivity contribution in [3.05, 3.63) is 36.0 Å². The third kappa shape index (κ3) is 3.08. The maximum Gasteiger partial charge on any atom is 0.225 e. The third-order valence-electron chi connectivity index (χ3n) is 4.99. The molecule has 6 heteroatoms. The van der Waals surface area contributed by atoms with Gasteiger partial charge < -0.3 is 9.42 Å². The van der Waals surface area contributed by atoms with Crippen LogP contribution < -0.4 is 4.90 Å². The Bertz CT molecular complexity index is 643. The molecule has 122 valence electrons. The third-order valence-corrected chi connectivity index (χ3v) is 4.99. The fourth-order valence-corrected chi connectivity index (χ4v) is 3.79. The van der Waals surface area contributed by atoms with E-state index in [-0.39, 0.29) is 0 Å². The molecule has 0 radical (unpaired) electrons. The Morgan fingerprint density at radius 3 is 2.83 bits per heavy atom. The van der Waals surface area contributed by atoms with Crippen LogP contribution in [0.25, 0.3) is 0 Å². The molecule has 5 heterocycles. The molecular weight excluding hydrogens is 290 g/mol. The number of aromatic nitrogens is 3. The number of rotatable bonds is 4. The highest BCUT2D eigenvalue weighted by molar-refractivity contribution is 5.30. The summed E-state index contributed by atoms with van der Waals surface area (Å²) in [6.45, 7) is 6.13. The van der Waals surface area contributed by atoms with Gasteiger partial charge in [-0.25, -0.2) is 9.97 Å². The van der Waals surface area contributed by atoms with Crippen LogP contribution in [0.3, 0.4) is 0 Å². The van der Waals surface area contributed by atoms with Gasteiger partial charge in [-0.1, -0.05) is 12.1 Å². The Labute approximate surface area is 136 Å². The van der Waals surface area contributed by atoms with Crippen LogP contribution in [0.15, 0.2) is 29.0 Å². The zero-order valence-electron chi connectivity index (χ0n) is 13.6. The second kappa shape index (κ2) is 6.28. The molecule has 0 aromatic carbocycles. The summed E-state index contributed by atoms with van der Waals surface area (Å²) in [4.78, 5) is 13.8. The van der Waals surface area contributed by atoms with Crippen LogP contribution in [0.1, 0.15) is 31.2 Å². The van der Waals surface area contributed by atoms with Crippen molar-refractivity contribution >= 4 is 5.95 Å². The predicted octanol–water partition coefficient (Wildman–Crippen LogP) is 2.13. The summed E-state index contributed by atoms with van der Waals surface area (Å²) >= 11 is 0. The molecule has 5 rings (SSSR count). The smallest absolute Gasteiger partial charge is 0.225 e. The van der Waals surface area contributed by atoms with Crippen LogP contribution >= 0.6 is 0 Å². The summed E-state index contributed by atoms with van der Waals surface area (Å²) < 4.78 is 5.49. The maximum atomic E-state index is 5.49. The highest BCUT2D eigenvalue weighted by atomic mass is 16.5.